The zero-order valence-corrected chi connectivity index (χ0v) is 21.2. The van der Waals surface area contributed by atoms with E-state index in [9.17, 15) is 9.59 Å². The first kappa shape index (κ1) is 25.6. The number of nitrogens with zero attached hydrogens (tertiary/aromatic N) is 3. The molecule has 0 fully saturated rings. The highest BCUT2D eigenvalue weighted by molar-refractivity contribution is 5.92. The second-order valence-electron chi connectivity index (χ2n) is 9.35. The van der Waals surface area contributed by atoms with Crippen LogP contribution in [0, 0.1) is 24.2 Å². The van der Waals surface area contributed by atoms with Crippen molar-refractivity contribution < 1.29 is 23.5 Å². The first-order valence-electron chi connectivity index (χ1n) is 12.1. The number of benzene rings is 2. The molecule has 1 aromatic heterocycles. The van der Waals surface area contributed by atoms with E-state index in [-0.39, 0.29) is 31.7 Å². The summed E-state index contributed by atoms with van der Waals surface area (Å²) in [4.78, 5) is 29.9. The SMILES string of the molecule is Cc1ccc(CN(Cc2ccc3c(c2)OCO3)C(=O)CN(CC(C)C)C(=O)Nc2cccc(C#N)c2)o1. The topological polar surface area (TPSA) is 108 Å². The summed E-state index contributed by atoms with van der Waals surface area (Å²) in [6, 6.07) is 17.6. The maximum Gasteiger partial charge on any atom is 0.322 e. The van der Waals surface area contributed by atoms with Gasteiger partial charge in [0.2, 0.25) is 12.7 Å². The van der Waals surface area contributed by atoms with Gasteiger partial charge in [-0.05, 0) is 60.9 Å². The van der Waals surface area contributed by atoms with Crippen LogP contribution in [0.5, 0.6) is 11.5 Å². The lowest BCUT2D eigenvalue weighted by Crippen LogP contribution is -2.45. The Morgan fingerprint density at radius 1 is 1.03 bits per heavy atom. The van der Waals surface area contributed by atoms with Crippen molar-refractivity contribution in [2.24, 2.45) is 5.92 Å². The molecule has 1 aliphatic heterocycles. The van der Waals surface area contributed by atoms with Gasteiger partial charge in [-0.1, -0.05) is 26.0 Å². The Labute approximate surface area is 216 Å². The standard InChI is InChI=1S/C28H30N4O5/c1-19(2)14-32(28(34)30-23-6-4-5-21(11-23)13-29)17-27(33)31(16-24-9-7-20(3)37-24)15-22-8-10-25-26(12-22)36-18-35-25/h4-12,19H,14-18H2,1-3H3,(H,30,34). The van der Waals surface area contributed by atoms with Gasteiger partial charge in [0.25, 0.3) is 0 Å². The summed E-state index contributed by atoms with van der Waals surface area (Å²) >= 11 is 0. The van der Waals surface area contributed by atoms with Crippen molar-refractivity contribution in [1.29, 1.82) is 5.26 Å². The molecular formula is C28H30N4O5. The summed E-state index contributed by atoms with van der Waals surface area (Å²) in [7, 11) is 0. The van der Waals surface area contributed by atoms with Crippen LogP contribution >= 0.6 is 0 Å². The molecule has 3 aromatic rings. The summed E-state index contributed by atoms with van der Waals surface area (Å²) in [5.74, 6) is 2.63. The molecule has 1 N–H and O–H groups in total. The van der Waals surface area contributed by atoms with Crippen LogP contribution in [0.4, 0.5) is 10.5 Å². The number of nitrogens with one attached hydrogen (secondary N) is 1. The van der Waals surface area contributed by atoms with Gasteiger partial charge in [-0.25, -0.2) is 4.79 Å². The Morgan fingerprint density at radius 3 is 2.57 bits per heavy atom. The molecule has 0 bridgehead atoms. The van der Waals surface area contributed by atoms with Crippen LogP contribution in [-0.2, 0) is 17.9 Å². The number of carbonyl (C=O) groups is 2. The molecule has 0 spiro atoms. The fourth-order valence-corrected chi connectivity index (χ4v) is 4.04. The molecule has 0 unspecified atom stereocenters. The number of aryl methyl sites for hydroxylation is 1. The highest BCUT2D eigenvalue weighted by Gasteiger charge is 2.24. The molecule has 0 atom stereocenters. The van der Waals surface area contributed by atoms with Gasteiger partial charge in [-0.15, -0.1) is 0 Å². The third-order valence-corrected chi connectivity index (χ3v) is 5.75. The molecule has 0 radical (unpaired) electrons. The van der Waals surface area contributed by atoms with Crippen LogP contribution in [0.1, 0.15) is 36.5 Å². The second-order valence-corrected chi connectivity index (χ2v) is 9.35. The van der Waals surface area contributed by atoms with E-state index in [1.165, 1.54) is 4.90 Å². The Balaban J connectivity index is 1.52. The number of nitriles is 1. The first-order valence-corrected chi connectivity index (χ1v) is 12.1. The van der Waals surface area contributed by atoms with Gasteiger partial charge in [0.05, 0.1) is 18.2 Å². The summed E-state index contributed by atoms with van der Waals surface area (Å²) in [5, 5.41) is 12.0. The lowest BCUT2D eigenvalue weighted by Gasteiger charge is -2.28. The summed E-state index contributed by atoms with van der Waals surface area (Å²) in [5.41, 5.74) is 1.80. The second kappa shape index (κ2) is 11.5. The predicted octanol–water partition coefficient (Wildman–Crippen LogP) is 4.91. The number of urea groups is 1. The summed E-state index contributed by atoms with van der Waals surface area (Å²) in [6.45, 7) is 6.81. The number of carbonyl (C=O) groups excluding carboxylic acids is 2. The third kappa shape index (κ3) is 6.82. The molecule has 9 nitrogen and oxygen atoms in total. The number of amides is 3. The highest BCUT2D eigenvalue weighted by Crippen LogP contribution is 2.33. The summed E-state index contributed by atoms with van der Waals surface area (Å²) < 4.78 is 16.6. The molecule has 0 aliphatic carbocycles. The van der Waals surface area contributed by atoms with Crippen LogP contribution in [0.15, 0.2) is 59.0 Å². The number of anilines is 1. The average molecular weight is 503 g/mol. The third-order valence-electron chi connectivity index (χ3n) is 5.75. The van der Waals surface area contributed by atoms with E-state index in [0.717, 1.165) is 11.3 Å². The lowest BCUT2D eigenvalue weighted by molar-refractivity contribution is -0.133. The van der Waals surface area contributed by atoms with E-state index in [0.29, 0.717) is 41.6 Å². The zero-order valence-electron chi connectivity index (χ0n) is 21.2. The van der Waals surface area contributed by atoms with Crippen LogP contribution in [0.25, 0.3) is 0 Å². The van der Waals surface area contributed by atoms with Crippen molar-refractivity contribution in [2.45, 2.75) is 33.9 Å². The Bertz CT molecular complexity index is 1310. The fourth-order valence-electron chi connectivity index (χ4n) is 4.04. The van der Waals surface area contributed by atoms with Crippen LogP contribution in [-0.4, -0.2) is 41.6 Å². The van der Waals surface area contributed by atoms with Crippen LogP contribution in [0.3, 0.4) is 0 Å². The van der Waals surface area contributed by atoms with Crippen molar-refractivity contribution in [3.63, 3.8) is 0 Å². The highest BCUT2D eigenvalue weighted by atomic mass is 16.7. The maximum absolute atomic E-state index is 13.6. The van der Waals surface area contributed by atoms with Gasteiger partial charge in [0.1, 0.15) is 18.1 Å². The minimum atomic E-state index is -0.408. The van der Waals surface area contributed by atoms with E-state index in [2.05, 4.69) is 11.4 Å². The minimum Gasteiger partial charge on any atom is -0.464 e. The quantitative estimate of drug-likeness (QED) is 0.446. The number of hydrogen-bond acceptors (Lipinski definition) is 6. The number of rotatable bonds is 9. The molecule has 192 valence electrons. The molecule has 0 saturated heterocycles. The zero-order chi connectivity index (χ0) is 26.4. The van der Waals surface area contributed by atoms with E-state index >= 15 is 0 Å². The molecule has 3 amide bonds. The van der Waals surface area contributed by atoms with E-state index < -0.39 is 6.03 Å². The number of fused-ring (bicyclic) bond motifs is 1. The minimum absolute atomic E-state index is 0.119. The van der Waals surface area contributed by atoms with Crippen LogP contribution < -0.4 is 14.8 Å². The molecule has 37 heavy (non-hydrogen) atoms. The van der Waals surface area contributed by atoms with Gasteiger partial charge < -0.3 is 29.0 Å². The first-order chi connectivity index (χ1) is 17.8. The Morgan fingerprint density at radius 2 is 1.84 bits per heavy atom. The van der Waals surface area contributed by atoms with Gasteiger partial charge in [-0.2, -0.15) is 5.26 Å². The molecule has 2 heterocycles. The Kier molecular flexibility index (Phi) is 7.98. The van der Waals surface area contributed by atoms with Crippen molar-refractivity contribution in [2.75, 3.05) is 25.2 Å². The normalized spacial score (nSPS) is 11.8. The van der Waals surface area contributed by atoms with Gasteiger partial charge >= 0.3 is 6.03 Å². The number of hydrogen-bond donors (Lipinski definition) is 1. The maximum atomic E-state index is 13.6. The monoisotopic (exact) mass is 502 g/mol. The van der Waals surface area contributed by atoms with E-state index in [4.69, 9.17) is 19.2 Å². The molecule has 1 aliphatic rings. The molecule has 9 heteroatoms. The van der Waals surface area contributed by atoms with Crippen molar-refractivity contribution >= 4 is 17.6 Å². The molecular weight excluding hydrogens is 472 g/mol. The number of ether oxygens (including phenoxy) is 2. The van der Waals surface area contributed by atoms with Gasteiger partial charge in [0.15, 0.2) is 11.5 Å². The fraction of sp³-hybridized carbons (Fsp3) is 0.321. The van der Waals surface area contributed by atoms with E-state index in [1.807, 2.05) is 51.1 Å². The summed E-state index contributed by atoms with van der Waals surface area (Å²) in [6.07, 6.45) is 0. The average Bonchev–Trinajstić information content (AvgIpc) is 3.51. The Hall–Kier alpha value is -4.45. The molecule has 0 saturated carbocycles. The van der Waals surface area contributed by atoms with Crippen molar-refractivity contribution in [3.8, 4) is 17.6 Å². The van der Waals surface area contributed by atoms with Gasteiger partial charge in [-0.3, -0.25) is 4.79 Å². The molecule has 2 aromatic carbocycles. The number of furan rings is 1. The van der Waals surface area contributed by atoms with Crippen molar-refractivity contribution in [3.05, 3.63) is 77.2 Å². The smallest absolute Gasteiger partial charge is 0.322 e. The van der Waals surface area contributed by atoms with E-state index in [1.54, 1.807) is 29.2 Å². The van der Waals surface area contributed by atoms with Gasteiger partial charge in [0, 0.05) is 18.8 Å². The largest absolute Gasteiger partial charge is 0.464 e. The van der Waals surface area contributed by atoms with Crippen molar-refractivity contribution in [1.82, 2.24) is 9.80 Å². The molecule has 4 rings (SSSR count). The van der Waals surface area contributed by atoms with Crippen LogP contribution in [0.2, 0.25) is 0 Å². The predicted molar refractivity (Wildman–Crippen MR) is 137 cm³/mol. The lowest BCUT2D eigenvalue weighted by atomic mass is 10.1.